The summed E-state index contributed by atoms with van der Waals surface area (Å²) in [5.41, 5.74) is 0.936. The number of carbonyl (C=O) groups is 1. The molecule has 0 atom stereocenters. The first-order valence-electron chi connectivity index (χ1n) is 5.40. The van der Waals surface area contributed by atoms with Crippen LogP contribution in [0.15, 0.2) is 29.9 Å². The van der Waals surface area contributed by atoms with E-state index in [-0.39, 0.29) is 11.9 Å². The molecule has 5 heteroatoms. The molecule has 2 aromatic heterocycles. The predicted octanol–water partition coefficient (Wildman–Crippen LogP) is 2.52. The lowest BCUT2D eigenvalue weighted by atomic mass is 10.3. The topological polar surface area (TPSA) is 52.1 Å². The first kappa shape index (κ1) is 10.4. The Morgan fingerprint density at radius 1 is 1.47 bits per heavy atom. The number of thiazole rings is 1. The van der Waals surface area contributed by atoms with Gasteiger partial charge in [-0.1, -0.05) is 0 Å². The summed E-state index contributed by atoms with van der Waals surface area (Å²) in [7, 11) is 0. The standard InChI is InChI=1S/C12H10N2O2S/c15-12(8-3-4-8)16-10-7-17-11(14-10)9-2-1-5-13-6-9/h1-2,5-8H,3-4H2. The normalized spacial score (nSPS) is 14.6. The van der Waals surface area contributed by atoms with Crippen molar-refractivity contribution >= 4 is 17.3 Å². The van der Waals surface area contributed by atoms with Gasteiger partial charge in [0.05, 0.1) is 11.3 Å². The fourth-order valence-corrected chi connectivity index (χ4v) is 2.15. The zero-order valence-electron chi connectivity index (χ0n) is 9.00. The first-order valence-corrected chi connectivity index (χ1v) is 6.28. The lowest BCUT2D eigenvalue weighted by Crippen LogP contribution is -2.09. The minimum atomic E-state index is -0.159. The van der Waals surface area contributed by atoms with E-state index in [0.29, 0.717) is 5.88 Å². The Morgan fingerprint density at radius 2 is 2.35 bits per heavy atom. The van der Waals surface area contributed by atoms with Gasteiger partial charge in [-0.05, 0) is 25.0 Å². The number of hydrogen-bond acceptors (Lipinski definition) is 5. The molecular formula is C12H10N2O2S. The Bertz CT molecular complexity index is 534. The van der Waals surface area contributed by atoms with Crippen molar-refractivity contribution in [2.24, 2.45) is 5.92 Å². The summed E-state index contributed by atoms with van der Waals surface area (Å²) in [6.45, 7) is 0. The van der Waals surface area contributed by atoms with E-state index in [1.807, 2.05) is 12.1 Å². The molecule has 0 amide bonds. The van der Waals surface area contributed by atoms with Crippen LogP contribution in [0, 0.1) is 5.92 Å². The second kappa shape index (κ2) is 4.25. The second-order valence-corrected chi connectivity index (χ2v) is 4.79. The Morgan fingerprint density at radius 3 is 3.06 bits per heavy atom. The van der Waals surface area contributed by atoms with E-state index in [0.717, 1.165) is 23.4 Å². The summed E-state index contributed by atoms with van der Waals surface area (Å²) in [5.74, 6) is 0.331. The third kappa shape index (κ3) is 2.34. The summed E-state index contributed by atoms with van der Waals surface area (Å²) in [6, 6.07) is 3.78. The van der Waals surface area contributed by atoms with Gasteiger partial charge in [0.1, 0.15) is 5.01 Å². The molecular weight excluding hydrogens is 236 g/mol. The molecule has 0 bridgehead atoms. The molecule has 1 fully saturated rings. The number of nitrogens with zero attached hydrogens (tertiary/aromatic N) is 2. The molecule has 0 N–H and O–H groups in total. The smallest absolute Gasteiger partial charge is 0.315 e. The van der Waals surface area contributed by atoms with Crippen LogP contribution in [0.1, 0.15) is 12.8 Å². The van der Waals surface area contributed by atoms with Gasteiger partial charge >= 0.3 is 5.97 Å². The molecule has 0 aliphatic heterocycles. The highest BCUT2D eigenvalue weighted by Gasteiger charge is 2.32. The molecule has 1 aliphatic carbocycles. The highest BCUT2D eigenvalue weighted by atomic mass is 32.1. The number of ether oxygens (including phenoxy) is 1. The van der Waals surface area contributed by atoms with Gasteiger partial charge in [-0.25, -0.2) is 4.98 Å². The predicted molar refractivity (Wildman–Crippen MR) is 63.7 cm³/mol. The molecule has 0 spiro atoms. The van der Waals surface area contributed by atoms with Crippen molar-refractivity contribution in [2.75, 3.05) is 0 Å². The number of carbonyl (C=O) groups excluding carboxylic acids is 1. The van der Waals surface area contributed by atoms with Crippen LogP contribution in [0.2, 0.25) is 0 Å². The third-order valence-electron chi connectivity index (χ3n) is 2.51. The van der Waals surface area contributed by atoms with E-state index >= 15 is 0 Å². The van der Waals surface area contributed by atoms with E-state index < -0.39 is 0 Å². The Kier molecular flexibility index (Phi) is 2.60. The van der Waals surface area contributed by atoms with Gasteiger partial charge in [0.25, 0.3) is 0 Å². The average Bonchev–Trinajstić information content (AvgIpc) is 3.12. The summed E-state index contributed by atoms with van der Waals surface area (Å²) < 4.78 is 5.18. The first-order chi connectivity index (χ1) is 8.33. The number of hydrogen-bond donors (Lipinski definition) is 0. The van der Waals surface area contributed by atoms with E-state index in [2.05, 4.69) is 9.97 Å². The monoisotopic (exact) mass is 246 g/mol. The van der Waals surface area contributed by atoms with Crippen LogP contribution < -0.4 is 4.74 Å². The third-order valence-corrected chi connectivity index (χ3v) is 3.38. The minimum absolute atomic E-state index is 0.0959. The Hall–Kier alpha value is -1.75. The van der Waals surface area contributed by atoms with Crippen molar-refractivity contribution in [3.05, 3.63) is 29.9 Å². The SMILES string of the molecule is O=C(Oc1csc(-c2cccnc2)n1)C1CC1. The van der Waals surface area contributed by atoms with Gasteiger partial charge in [0.15, 0.2) is 0 Å². The van der Waals surface area contributed by atoms with Crippen LogP contribution in [0.4, 0.5) is 0 Å². The number of pyridine rings is 1. The molecule has 0 aromatic carbocycles. The van der Waals surface area contributed by atoms with Crippen LogP contribution in [0.5, 0.6) is 5.88 Å². The Labute approximate surface area is 102 Å². The molecule has 2 aromatic rings. The number of aromatic nitrogens is 2. The quantitative estimate of drug-likeness (QED) is 0.781. The highest BCUT2D eigenvalue weighted by molar-refractivity contribution is 7.13. The maximum atomic E-state index is 11.5. The zero-order valence-corrected chi connectivity index (χ0v) is 9.81. The number of esters is 1. The molecule has 0 radical (unpaired) electrons. The van der Waals surface area contributed by atoms with Crippen molar-refractivity contribution in [1.82, 2.24) is 9.97 Å². The summed E-state index contributed by atoms with van der Waals surface area (Å²) >= 11 is 1.45. The van der Waals surface area contributed by atoms with Gasteiger partial charge in [0.2, 0.25) is 5.88 Å². The largest absolute Gasteiger partial charge is 0.406 e. The molecule has 4 nitrogen and oxygen atoms in total. The van der Waals surface area contributed by atoms with Gasteiger partial charge in [-0.2, -0.15) is 0 Å². The van der Waals surface area contributed by atoms with Crippen molar-refractivity contribution in [3.8, 4) is 16.5 Å². The summed E-state index contributed by atoms with van der Waals surface area (Å²) in [5, 5.41) is 2.57. The average molecular weight is 246 g/mol. The van der Waals surface area contributed by atoms with Crippen molar-refractivity contribution in [3.63, 3.8) is 0 Å². The molecule has 2 heterocycles. The van der Waals surface area contributed by atoms with Gasteiger partial charge in [-0.3, -0.25) is 9.78 Å². The van der Waals surface area contributed by atoms with Gasteiger partial charge in [0, 0.05) is 18.0 Å². The molecule has 17 heavy (non-hydrogen) atoms. The van der Waals surface area contributed by atoms with Crippen LogP contribution >= 0.6 is 11.3 Å². The van der Waals surface area contributed by atoms with Crippen molar-refractivity contribution < 1.29 is 9.53 Å². The van der Waals surface area contributed by atoms with E-state index in [9.17, 15) is 4.79 Å². The molecule has 0 saturated heterocycles. The van der Waals surface area contributed by atoms with Crippen molar-refractivity contribution in [1.29, 1.82) is 0 Å². The van der Waals surface area contributed by atoms with Crippen LogP contribution in [-0.4, -0.2) is 15.9 Å². The van der Waals surface area contributed by atoms with E-state index in [1.54, 1.807) is 17.8 Å². The lowest BCUT2D eigenvalue weighted by molar-refractivity contribution is -0.136. The van der Waals surface area contributed by atoms with E-state index in [4.69, 9.17) is 4.74 Å². The number of rotatable bonds is 3. The Balaban J connectivity index is 1.76. The highest BCUT2D eigenvalue weighted by Crippen LogP contribution is 2.32. The molecule has 86 valence electrons. The zero-order chi connectivity index (χ0) is 11.7. The fraction of sp³-hybridized carbons (Fsp3) is 0.250. The van der Waals surface area contributed by atoms with Gasteiger partial charge in [-0.15, -0.1) is 11.3 Å². The molecule has 1 saturated carbocycles. The van der Waals surface area contributed by atoms with Crippen LogP contribution in [0.25, 0.3) is 10.6 Å². The van der Waals surface area contributed by atoms with Crippen LogP contribution in [-0.2, 0) is 4.79 Å². The van der Waals surface area contributed by atoms with Crippen LogP contribution in [0.3, 0.4) is 0 Å². The summed E-state index contributed by atoms with van der Waals surface area (Å²) in [4.78, 5) is 19.7. The molecule has 3 rings (SSSR count). The second-order valence-electron chi connectivity index (χ2n) is 3.93. The minimum Gasteiger partial charge on any atom is -0.406 e. The van der Waals surface area contributed by atoms with E-state index in [1.165, 1.54) is 11.3 Å². The molecule has 1 aliphatic rings. The van der Waals surface area contributed by atoms with Crippen molar-refractivity contribution in [2.45, 2.75) is 12.8 Å². The maximum absolute atomic E-state index is 11.5. The molecule has 0 unspecified atom stereocenters. The lowest BCUT2D eigenvalue weighted by Gasteiger charge is -1.97. The maximum Gasteiger partial charge on any atom is 0.315 e. The summed E-state index contributed by atoms with van der Waals surface area (Å²) in [6.07, 6.45) is 5.34. The van der Waals surface area contributed by atoms with Gasteiger partial charge < -0.3 is 4.74 Å². The fourth-order valence-electron chi connectivity index (χ4n) is 1.43.